The topological polar surface area (TPSA) is 157 Å². The summed E-state index contributed by atoms with van der Waals surface area (Å²) in [4.78, 5) is 21.3. The van der Waals surface area contributed by atoms with Gasteiger partial charge in [-0.25, -0.2) is 0 Å². The van der Waals surface area contributed by atoms with Crippen molar-refractivity contribution in [2.45, 2.75) is 375 Å². The molecule has 7 atom stereocenters. The Kier molecular flexibility index (Phi) is 18.7. The molecule has 0 bridgehead atoms. The number of nitrogens with zero attached hydrogens (tertiary/aromatic N) is 5. The van der Waals surface area contributed by atoms with Gasteiger partial charge in [0, 0.05) is 188 Å². The lowest BCUT2D eigenvalue weighted by atomic mass is 9.67. The molecule has 730 valence electrons. The Labute approximate surface area is 908 Å². The Morgan fingerprint density at radius 1 is 0.304 bits per heavy atom. The van der Waals surface area contributed by atoms with Gasteiger partial charge < -0.3 is 47.4 Å². The summed E-state index contributed by atoms with van der Waals surface area (Å²) in [5.74, 6) is -2.43. The number of aromatic nitrogens is 5. The Morgan fingerprint density at radius 3 is 0.859 bits per heavy atom. The molecule has 10 fully saturated rings. The minimum Gasteiger partial charge on any atom is -0.496 e. The van der Waals surface area contributed by atoms with E-state index in [-0.39, 0.29) is 118 Å². The monoisotopic (exact) mass is 1980 g/mol. The summed E-state index contributed by atoms with van der Waals surface area (Å²) in [7, 11) is -14.7. The second-order valence-electron chi connectivity index (χ2n) is 36.0. The van der Waals surface area contributed by atoms with E-state index in [4.69, 9.17) is 126 Å². The molecule has 5 saturated carbocycles. The predicted molar refractivity (Wildman–Crippen MR) is 554 cm³/mol. The third-order valence-electron chi connectivity index (χ3n) is 27.2. The van der Waals surface area contributed by atoms with Crippen LogP contribution >= 0.6 is 56.7 Å². The van der Waals surface area contributed by atoms with Crippen LogP contribution in [0, 0.1) is 0 Å². The van der Waals surface area contributed by atoms with Crippen molar-refractivity contribution in [3.63, 3.8) is 0 Å². The van der Waals surface area contributed by atoms with Crippen LogP contribution in [0.1, 0.15) is 419 Å². The summed E-state index contributed by atoms with van der Waals surface area (Å²) >= 11 is 3.20. The highest BCUT2D eigenvalue weighted by atomic mass is 32.1. The predicted octanol–water partition coefficient (Wildman–Crippen LogP) is 29.6. The molecule has 5 aliphatic carbocycles. The van der Waals surface area contributed by atoms with Gasteiger partial charge in [-0.15, -0.1) is 56.7 Å². The quantitative estimate of drug-likeness (QED) is 0.0369. The number of hydrogen-bond donors (Lipinski definition) is 0. The molecule has 2 unspecified atom stereocenters. The van der Waals surface area contributed by atoms with Crippen molar-refractivity contribution >= 4 is 56.7 Å². The van der Waals surface area contributed by atoms with Gasteiger partial charge in [-0.1, -0.05) is 126 Å². The second-order valence-corrected chi connectivity index (χ2v) is 40.2. The van der Waals surface area contributed by atoms with Gasteiger partial charge in [0.25, 0.3) is 0 Å². The van der Waals surface area contributed by atoms with Crippen LogP contribution < -0.4 is 23.7 Å². The highest BCUT2D eigenvalue weighted by molar-refractivity contribution is 7.11. The van der Waals surface area contributed by atoms with Gasteiger partial charge in [0.1, 0.15) is 28.7 Å². The zero-order valence-corrected chi connectivity index (χ0v) is 79.5. The Morgan fingerprint density at radius 2 is 0.570 bits per heavy atom. The van der Waals surface area contributed by atoms with E-state index in [9.17, 15) is 0 Å². The average Bonchev–Trinajstić information content (AvgIpc) is 1.55. The fourth-order valence-corrected chi connectivity index (χ4v) is 23.7. The number of methoxy groups -OCH3 is 5. The van der Waals surface area contributed by atoms with Crippen molar-refractivity contribution in [1.82, 2.24) is 24.9 Å². The molecule has 10 aliphatic rings. The first-order valence-corrected chi connectivity index (χ1v) is 50.0. The van der Waals surface area contributed by atoms with Crippen molar-refractivity contribution in [3.8, 4) is 28.7 Å². The van der Waals surface area contributed by atoms with Crippen LogP contribution in [0.2, 0.25) is 0 Å². The molecule has 135 heavy (non-hydrogen) atoms. The zero-order chi connectivity index (χ0) is 143. The number of aryl methyl sites for hydroxylation is 5. The van der Waals surface area contributed by atoms with E-state index < -0.39 is 314 Å². The minimum absolute atomic E-state index is 0.0178. The minimum atomic E-state index is -3.05. The highest BCUT2D eigenvalue weighted by Crippen LogP contribution is 2.57. The average molecular weight is 1990 g/mol. The molecule has 5 spiro atoms. The summed E-state index contributed by atoms with van der Waals surface area (Å²) in [6.45, 7) is -1.21. The normalized spacial score (nSPS) is 36.1. The molecule has 10 aromatic heterocycles. The third kappa shape index (κ3) is 25.7. The smallest absolute Gasteiger partial charge is 0.132 e. The van der Waals surface area contributed by atoms with Gasteiger partial charge in [0.05, 0.1) is 97.5 Å². The summed E-state index contributed by atoms with van der Waals surface area (Å²) in [6, 6.07) is 25.6. The van der Waals surface area contributed by atoms with Crippen LogP contribution in [0.25, 0.3) is 0 Å². The van der Waals surface area contributed by atoms with E-state index in [0.717, 1.165) is 42.7 Å². The maximum absolute atomic E-state index is 8.94. The first-order valence-electron chi connectivity index (χ1n) is 74.3. The van der Waals surface area contributed by atoms with E-state index >= 15 is 0 Å². The van der Waals surface area contributed by atoms with Gasteiger partial charge in [-0.3, -0.25) is 24.9 Å². The Hall–Kier alpha value is -6.95. The van der Waals surface area contributed by atoms with Crippen LogP contribution in [0.15, 0.2) is 179 Å². The summed E-state index contributed by atoms with van der Waals surface area (Å²) in [6.07, 6.45) is -23.5. The van der Waals surface area contributed by atoms with Crippen LogP contribution in [0.3, 0.4) is 0 Å². The SMILES string of the molecule is [2H]C1([2H])CCC2(C1)C[C@](CC([2H])([2H])CC([2H])([2H])c1sccc1OC([2H])([2H])[2H])(c1ccccn1)CCO2.[2H]c1sc(C([2H])([2H])CC([2H])([2H])C[C@@]2(c3ccccn3)CC([2H])([2H])OC3(CC([2H])([2H])C([2H])([2H])C3)C2)c(OC([2H])([2H])[2H])c1[2H].[2H]c1sc(C([2H])([2H])CC([2H])([2H])C[C@@]2(c3ccccn3)CCOC3(CC([2H])([2H])C([2H])([2H])C3)C2)c(OC([2H])([2H])[2H])c1[2H].[2H]c1sc(C([2H])([2H])CC([2H])([2H])C[C@@]2(c3ccccn3)CCOC3(CCC([2H])([2H])C3)C2)c(OC([2H])([2H])[2H])c1[2H].[2H]c1sc(C([2H])([2H])CC([2H])([2H])C[C@@]2(c3ccccn3)CCOC3(CCCC3)C2)c(OC([2H])([2H])[2H])c1[2H]. The molecule has 0 radical (unpaired) electrons. The zero-order valence-electron chi connectivity index (χ0n) is 132. The van der Waals surface area contributed by atoms with Gasteiger partial charge >= 0.3 is 0 Å². The van der Waals surface area contributed by atoms with E-state index in [1.807, 2.05) is 42.5 Å². The molecule has 15 nitrogen and oxygen atoms in total. The van der Waals surface area contributed by atoms with Gasteiger partial charge in [-0.05, 0) is 342 Å². The maximum atomic E-state index is 8.94. The second kappa shape index (κ2) is 49.0. The molecule has 0 aromatic carbocycles. The fraction of sp³-hybridized carbons (Fsp3) is 0.609. The number of pyridine rings is 5. The third-order valence-corrected chi connectivity index (χ3v) is 31.0. The van der Waals surface area contributed by atoms with E-state index in [0.29, 0.717) is 153 Å². The van der Waals surface area contributed by atoms with Crippen LogP contribution in [0.5, 0.6) is 28.7 Å². The number of thiophene rings is 5. The summed E-state index contributed by atoms with van der Waals surface area (Å²) < 4.78 is 522. The molecule has 10 aromatic rings. The van der Waals surface area contributed by atoms with E-state index in [1.165, 1.54) is 17.6 Å². The first kappa shape index (κ1) is 51.6. The van der Waals surface area contributed by atoms with E-state index in [2.05, 4.69) is 24.9 Å². The van der Waals surface area contributed by atoms with Gasteiger partial charge in [-0.2, -0.15) is 0 Å². The number of rotatable bonds is 35. The lowest BCUT2D eigenvalue weighted by Crippen LogP contribution is -2.46. The molecular weight excluding hydrogens is 1770 g/mol. The Bertz CT molecular complexity index is 7900. The van der Waals surface area contributed by atoms with Gasteiger partial charge in [0.2, 0.25) is 0 Å². The first-order chi connectivity index (χ1) is 87.5. The molecular formula is C115H155N5O10S5. The standard InChI is InChI=1S/5C23H31NO2S/c5*1-25-19-10-17-27-20(19)8-2-4-11-22(21-9-3-7-15-24-21)14-16-26-23(18-22)12-5-6-13-23/h5*3,7,9-10,15,17H,2,4-6,8,11-14,16,18H2,1H3/t5*22-/m11111/s1/i1D3,4D2,5D2,6D2,8D2,10D,16D2,17D;1D3,4D2,5D2,6D2,8D2,10D,17D;1D3,4D2,5D2,8D2,10D,17D;1D3,4D2,8D2,10D,17D;1D3,4D2,5D2,8D2/t2m;22-,23?;m;22-,23?. The largest absolute Gasteiger partial charge is 0.496 e. The molecule has 15 heterocycles. The highest BCUT2D eigenvalue weighted by Gasteiger charge is 2.54. The lowest BCUT2D eigenvalue weighted by molar-refractivity contribution is -0.105. The molecule has 0 amide bonds. The fourth-order valence-electron chi connectivity index (χ4n) is 20.7. The molecule has 0 N–H and O–H groups in total. The number of ether oxygens (including phenoxy) is 10. The summed E-state index contributed by atoms with van der Waals surface area (Å²) in [5, 5.41) is -0.0142. The van der Waals surface area contributed by atoms with Crippen molar-refractivity contribution in [2.75, 3.05) is 68.2 Å². The molecule has 5 aliphatic heterocycles. The molecule has 20 rings (SSSR count). The maximum Gasteiger partial charge on any atom is 0.132 e. The van der Waals surface area contributed by atoms with Crippen molar-refractivity contribution in [2.24, 2.45) is 0 Å². The van der Waals surface area contributed by atoms with Crippen LogP contribution in [0.4, 0.5) is 0 Å². The van der Waals surface area contributed by atoms with Gasteiger partial charge in [0.15, 0.2) is 0 Å². The Balaban J connectivity index is 0.000000164. The lowest BCUT2D eigenvalue weighted by Gasteiger charge is -2.46. The van der Waals surface area contributed by atoms with Crippen molar-refractivity contribution < 1.29 is 126 Å². The van der Waals surface area contributed by atoms with Crippen LogP contribution in [-0.4, -0.2) is 121 Å². The summed E-state index contributed by atoms with van der Waals surface area (Å²) in [5.41, 5.74) is -6.49. The van der Waals surface area contributed by atoms with Crippen molar-refractivity contribution in [1.29, 1.82) is 0 Å². The molecule has 5 saturated heterocycles. The number of hydrogen-bond acceptors (Lipinski definition) is 20. The van der Waals surface area contributed by atoms with E-state index in [1.54, 1.807) is 73.3 Å². The van der Waals surface area contributed by atoms with Crippen LogP contribution in [-0.2, 0) is 82.6 Å². The van der Waals surface area contributed by atoms with Crippen molar-refractivity contribution in [3.05, 3.63) is 232 Å². The molecule has 20 heteroatoms.